The molecule has 94 valence electrons. The lowest BCUT2D eigenvalue weighted by atomic mass is 10.3. The van der Waals surface area contributed by atoms with E-state index in [1.54, 1.807) is 0 Å². The zero-order valence-electron chi connectivity index (χ0n) is 9.59. The van der Waals surface area contributed by atoms with Crippen molar-refractivity contribution in [1.82, 2.24) is 10.6 Å². The third-order valence-corrected chi connectivity index (χ3v) is 2.30. The van der Waals surface area contributed by atoms with Crippen molar-refractivity contribution >= 4 is 23.4 Å². The predicted octanol–water partition coefficient (Wildman–Crippen LogP) is 0.602. The van der Waals surface area contributed by atoms with E-state index in [4.69, 9.17) is 16.0 Å². The first kappa shape index (κ1) is 13.6. The van der Waals surface area contributed by atoms with E-state index in [9.17, 15) is 9.59 Å². The van der Waals surface area contributed by atoms with E-state index in [2.05, 4.69) is 10.6 Å². The lowest BCUT2D eigenvalue weighted by Gasteiger charge is -2.04. The van der Waals surface area contributed by atoms with E-state index in [-0.39, 0.29) is 24.2 Å². The summed E-state index contributed by atoms with van der Waals surface area (Å²) in [5, 5.41) is 5.04. The fourth-order valence-corrected chi connectivity index (χ4v) is 1.33. The Bertz CT molecular complexity index is 390. The van der Waals surface area contributed by atoms with Crippen molar-refractivity contribution in [3.63, 3.8) is 0 Å². The third kappa shape index (κ3) is 5.40. The predicted molar refractivity (Wildman–Crippen MR) is 63.9 cm³/mol. The van der Waals surface area contributed by atoms with Gasteiger partial charge < -0.3 is 15.1 Å². The highest BCUT2D eigenvalue weighted by Crippen LogP contribution is 2.05. The zero-order valence-corrected chi connectivity index (χ0v) is 10.3. The van der Waals surface area contributed by atoms with Gasteiger partial charge in [-0.05, 0) is 19.1 Å². The van der Waals surface area contributed by atoms with Crippen LogP contribution in [-0.2, 0) is 16.0 Å². The summed E-state index contributed by atoms with van der Waals surface area (Å²) in [7, 11) is 0. The van der Waals surface area contributed by atoms with Gasteiger partial charge in [0.1, 0.15) is 17.4 Å². The van der Waals surface area contributed by atoms with Crippen molar-refractivity contribution < 1.29 is 14.0 Å². The maximum atomic E-state index is 11.3. The van der Waals surface area contributed by atoms with Crippen molar-refractivity contribution in [2.45, 2.75) is 13.3 Å². The Morgan fingerprint density at radius 3 is 2.65 bits per heavy atom. The number of furan rings is 1. The van der Waals surface area contributed by atoms with E-state index < -0.39 is 0 Å². The van der Waals surface area contributed by atoms with E-state index in [0.29, 0.717) is 13.0 Å². The van der Waals surface area contributed by atoms with E-state index in [1.165, 1.54) is 0 Å². The highest BCUT2D eigenvalue weighted by molar-refractivity contribution is 6.27. The van der Waals surface area contributed by atoms with Crippen LogP contribution in [0.2, 0.25) is 0 Å². The van der Waals surface area contributed by atoms with Gasteiger partial charge in [0.15, 0.2) is 0 Å². The molecule has 0 radical (unpaired) electrons. The van der Waals surface area contributed by atoms with Crippen LogP contribution < -0.4 is 10.6 Å². The van der Waals surface area contributed by atoms with Crippen LogP contribution in [0.4, 0.5) is 0 Å². The number of hydrogen-bond acceptors (Lipinski definition) is 3. The van der Waals surface area contributed by atoms with Gasteiger partial charge in [-0.2, -0.15) is 0 Å². The number of carbonyl (C=O) groups is 2. The summed E-state index contributed by atoms with van der Waals surface area (Å²) in [5.74, 6) is 0.933. The number of alkyl halides is 1. The molecular formula is C11H15ClN2O3. The number of hydrogen-bond donors (Lipinski definition) is 2. The maximum absolute atomic E-state index is 11.3. The minimum Gasteiger partial charge on any atom is -0.466 e. The third-order valence-electron chi connectivity index (χ3n) is 2.06. The molecule has 1 heterocycles. The van der Waals surface area contributed by atoms with Gasteiger partial charge >= 0.3 is 0 Å². The fourth-order valence-electron chi connectivity index (χ4n) is 1.23. The molecule has 0 unspecified atom stereocenters. The van der Waals surface area contributed by atoms with Gasteiger partial charge in [-0.25, -0.2) is 0 Å². The SMILES string of the molecule is Cc1ccc(CCNC(=O)CNC(=O)CCl)o1. The molecular weight excluding hydrogens is 244 g/mol. The molecule has 0 spiro atoms. The average Bonchev–Trinajstić information content (AvgIpc) is 2.72. The number of nitrogens with one attached hydrogen (secondary N) is 2. The maximum Gasteiger partial charge on any atom is 0.239 e. The molecule has 0 atom stereocenters. The molecule has 1 aromatic rings. The number of carbonyl (C=O) groups excluding carboxylic acids is 2. The minimum absolute atomic E-state index is 0.0528. The lowest BCUT2D eigenvalue weighted by molar-refractivity contribution is -0.124. The van der Waals surface area contributed by atoms with Crippen LogP contribution in [0.15, 0.2) is 16.5 Å². The summed E-state index contributed by atoms with van der Waals surface area (Å²) in [4.78, 5) is 22.0. The van der Waals surface area contributed by atoms with E-state index in [0.717, 1.165) is 11.5 Å². The Balaban J connectivity index is 2.14. The summed E-state index contributed by atoms with van der Waals surface area (Å²) in [5.41, 5.74) is 0. The molecule has 0 aliphatic carbocycles. The Morgan fingerprint density at radius 1 is 1.29 bits per heavy atom. The first-order chi connectivity index (χ1) is 8.11. The summed E-state index contributed by atoms with van der Waals surface area (Å²) < 4.78 is 5.34. The standard InChI is InChI=1S/C11H15ClN2O3/c1-8-2-3-9(17-8)4-5-13-11(16)7-14-10(15)6-12/h2-3H,4-7H2,1H3,(H,13,16)(H,14,15). The topological polar surface area (TPSA) is 71.3 Å². The molecule has 2 N–H and O–H groups in total. The normalized spacial score (nSPS) is 10.0. The van der Waals surface area contributed by atoms with Crippen molar-refractivity contribution in [3.05, 3.63) is 23.7 Å². The summed E-state index contributed by atoms with van der Waals surface area (Å²) in [6, 6.07) is 3.74. The summed E-state index contributed by atoms with van der Waals surface area (Å²) >= 11 is 5.27. The Hall–Kier alpha value is -1.49. The molecule has 17 heavy (non-hydrogen) atoms. The van der Waals surface area contributed by atoms with Crippen molar-refractivity contribution in [2.75, 3.05) is 19.0 Å². The first-order valence-corrected chi connectivity index (χ1v) is 5.80. The van der Waals surface area contributed by atoms with Crippen molar-refractivity contribution in [2.24, 2.45) is 0 Å². The molecule has 5 nitrogen and oxygen atoms in total. The molecule has 0 aliphatic rings. The van der Waals surface area contributed by atoms with Gasteiger partial charge in [0.2, 0.25) is 11.8 Å². The molecule has 0 bridgehead atoms. The average molecular weight is 259 g/mol. The summed E-state index contributed by atoms with van der Waals surface area (Å²) in [6.45, 7) is 2.29. The smallest absolute Gasteiger partial charge is 0.239 e. The molecule has 1 rings (SSSR count). The van der Waals surface area contributed by atoms with Gasteiger partial charge in [-0.3, -0.25) is 9.59 Å². The quantitative estimate of drug-likeness (QED) is 0.734. The second-order valence-electron chi connectivity index (χ2n) is 3.52. The van der Waals surface area contributed by atoms with E-state index in [1.807, 2.05) is 19.1 Å². The molecule has 0 saturated carbocycles. The number of rotatable bonds is 6. The second-order valence-corrected chi connectivity index (χ2v) is 3.79. The Labute approximate surface area is 105 Å². The monoisotopic (exact) mass is 258 g/mol. The molecule has 0 aromatic carbocycles. The van der Waals surface area contributed by atoms with Crippen LogP contribution in [0, 0.1) is 6.92 Å². The minimum atomic E-state index is -0.358. The molecule has 6 heteroatoms. The number of amides is 2. The van der Waals surface area contributed by atoms with Crippen LogP contribution in [-0.4, -0.2) is 30.8 Å². The van der Waals surface area contributed by atoms with Gasteiger partial charge in [-0.15, -0.1) is 11.6 Å². The molecule has 1 aromatic heterocycles. The van der Waals surface area contributed by atoms with Crippen LogP contribution in [0.1, 0.15) is 11.5 Å². The number of aryl methyl sites for hydroxylation is 1. The highest BCUT2D eigenvalue weighted by Gasteiger charge is 2.04. The highest BCUT2D eigenvalue weighted by atomic mass is 35.5. The Kier molecular flexibility index (Phi) is 5.56. The first-order valence-electron chi connectivity index (χ1n) is 5.26. The van der Waals surface area contributed by atoms with Crippen LogP contribution >= 0.6 is 11.6 Å². The molecule has 2 amide bonds. The number of halogens is 1. The van der Waals surface area contributed by atoms with Gasteiger partial charge in [0.05, 0.1) is 6.54 Å². The second kappa shape index (κ2) is 6.96. The van der Waals surface area contributed by atoms with Gasteiger partial charge in [-0.1, -0.05) is 0 Å². The summed E-state index contributed by atoms with van der Waals surface area (Å²) in [6.07, 6.45) is 0.628. The van der Waals surface area contributed by atoms with Gasteiger partial charge in [0, 0.05) is 13.0 Å². The van der Waals surface area contributed by atoms with Crippen molar-refractivity contribution in [1.29, 1.82) is 0 Å². The zero-order chi connectivity index (χ0) is 12.7. The molecule has 0 fully saturated rings. The fraction of sp³-hybridized carbons (Fsp3) is 0.455. The lowest BCUT2D eigenvalue weighted by Crippen LogP contribution is -2.38. The van der Waals surface area contributed by atoms with E-state index >= 15 is 0 Å². The van der Waals surface area contributed by atoms with Crippen LogP contribution in [0.5, 0.6) is 0 Å². The van der Waals surface area contributed by atoms with Crippen molar-refractivity contribution in [3.8, 4) is 0 Å². The van der Waals surface area contributed by atoms with Crippen LogP contribution in [0.3, 0.4) is 0 Å². The largest absolute Gasteiger partial charge is 0.466 e. The molecule has 0 saturated heterocycles. The van der Waals surface area contributed by atoms with Crippen LogP contribution in [0.25, 0.3) is 0 Å². The molecule has 0 aliphatic heterocycles. The van der Waals surface area contributed by atoms with Gasteiger partial charge in [0.25, 0.3) is 0 Å². The Morgan fingerprint density at radius 2 is 2.06 bits per heavy atom.